The first kappa shape index (κ1) is 15.6. The molecular weight excluding hydrogens is 298 g/mol. The highest BCUT2D eigenvalue weighted by Gasteiger charge is 2.24. The first-order chi connectivity index (χ1) is 11.3. The Hall–Kier alpha value is -2.32. The number of aromatic nitrogens is 4. The van der Waals surface area contributed by atoms with Crippen molar-refractivity contribution in [2.75, 3.05) is 20.3 Å². The Morgan fingerprint density at radius 2 is 2.22 bits per heavy atom. The van der Waals surface area contributed by atoms with Crippen LogP contribution in [0.3, 0.4) is 0 Å². The van der Waals surface area contributed by atoms with E-state index in [1.807, 2.05) is 16.7 Å². The molecule has 0 saturated heterocycles. The molecule has 2 aromatic rings. The van der Waals surface area contributed by atoms with Crippen LogP contribution in [0.15, 0.2) is 24.5 Å². The van der Waals surface area contributed by atoms with Gasteiger partial charge in [0.25, 0.3) is 0 Å². The van der Waals surface area contributed by atoms with E-state index in [1.165, 1.54) is 7.11 Å². The fraction of sp³-hybridized carbons (Fsp3) is 0.467. The van der Waals surface area contributed by atoms with Gasteiger partial charge in [0, 0.05) is 32.6 Å². The number of hydrogen-bond acceptors (Lipinski definition) is 6. The molecule has 8 heteroatoms. The van der Waals surface area contributed by atoms with Crippen LogP contribution < -0.4 is 0 Å². The van der Waals surface area contributed by atoms with Crippen LogP contribution in [-0.4, -0.2) is 50.8 Å². The SMILES string of the molecule is COCC(=O)N1CCn2c(COCc3cccnc3)nnc2C1. The van der Waals surface area contributed by atoms with E-state index in [-0.39, 0.29) is 12.5 Å². The van der Waals surface area contributed by atoms with E-state index in [2.05, 4.69) is 15.2 Å². The first-order valence-corrected chi connectivity index (χ1v) is 7.42. The maximum Gasteiger partial charge on any atom is 0.249 e. The highest BCUT2D eigenvalue weighted by Crippen LogP contribution is 2.14. The lowest BCUT2D eigenvalue weighted by Crippen LogP contribution is -2.40. The number of ether oxygens (including phenoxy) is 2. The quantitative estimate of drug-likeness (QED) is 0.766. The van der Waals surface area contributed by atoms with E-state index in [4.69, 9.17) is 9.47 Å². The molecule has 1 aliphatic heterocycles. The van der Waals surface area contributed by atoms with Crippen LogP contribution in [0.25, 0.3) is 0 Å². The number of hydrogen-bond donors (Lipinski definition) is 0. The fourth-order valence-electron chi connectivity index (χ4n) is 2.50. The van der Waals surface area contributed by atoms with Crippen molar-refractivity contribution in [2.24, 2.45) is 0 Å². The zero-order valence-corrected chi connectivity index (χ0v) is 13.0. The maximum absolute atomic E-state index is 11.9. The molecule has 0 unspecified atom stereocenters. The van der Waals surface area contributed by atoms with E-state index in [1.54, 1.807) is 17.3 Å². The molecule has 1 amide bonds. The molecule has 0 fully saturated rings. The van der Waals surface area contributed by atoms with E-state index < -0.39 is 0 Å². The van der Waals surface area contributed by atoms with Gasteiger partial charge in [-0.15, -0.1) is 10.2 Å². The van der Waals surface area contributed by atoms with Crippen molar-refractivity contribution in [1.29, 1.82) is 0 Å². The summed E-state index contributed by atoms with van der Waals surface area (Å²) in [5.74, 6) is 1.53. The Balaban J connectivity index is 1.56. The molecule has 23 heavy (non-hydrogen) atoms. The number of amides is 1. The van der Waals surface area contributed by atoms with Gasteiger partial charge in [0.05, 0.1) is 13.2 Å². The van der Waals surface area contributed by atoms with Crippen molar-refractivity contribution in [3.05, 3.63) is 41.7 Å². The minimum atomic E-state index is -0.0314. The summed E-state index contributed by atoms with van der Waals surface area (Å²) in [6.07, 6.45) is 3.51. The Kier molecular flexibility index (Phi) is 4.94. The molecule has 0 radical (unpaired) electrons. The minimum absolute atomic E-state index is 0.0314. The second-order valence-electron chi connectivity index (χ2n) is 5.29. The van der Waals surface area contributed by atoms with Gasteiger partial charge in [0.15, 0.2) is 11.6 Å². The third-order valence-electron chi connectivity index (χ3n) is 3.67. The van der Waals surface area contributed by atoms with Crippen molar-refractivity contribution in [3.8, 4) is 0 Å². The second kappa shape index (κ2) is 7.30. The predicted octanol–water partition coefficient (Wildman–Crippen LogP) is 0.378. The normalized spacial score (nSPS) is 13.9. The van der Waals surface area contributed by atoms with Crippen molar-refractivity contribution in [3.63, 3.8) is 0 Å². The summed E-state index contributed by atoms with van der Waals surface area (Å²) in [6, 6.07) is 3.84. The molecule has 0 aromatic carbocycles. The summed E-state index contributed by atoms with van der Waals surface area (Å²) >= 11 is 0. The Labute approximate surface area is 134 Å². The molecule has 2 aromatic heterocycles. The van der Waals surface area contributed by atoms with E-state index in [9.17, 15) is 4.79 Å². The fourth-order valence-corrected chi connectivity index (χ4v) is 2.50. The van der Waals surface area contributed by atoms with Gasteiger partial charge in [-0.2, -0.15) is 0 Å². The molecule has 0 aliphatic carbocycles. The zero-order valence-electron chi connectivity index (χ0n) is 13.0. The van der Waals surface area contributed by atoms with Crippen LogP contribution in [-0.2, 0) is 40.6 Å². The van der Waals surface area contributed by atoms with Crippen LogP contribution >= 0.6 is 0 Å². The Morgan fingerprint density at radius 3 is 3.00 bits per heavy atom. The summed E-state index contributed by atoms with van der Waals surface area (Å²) in [7, 11) is 1.52. The third kappa shape index (κ3) is 3.72. The molecule has 0 spiro atoms. The first-order valence-electron chi connectivity index (χ1n) is 7.42. The van der Waals surface area contributed by atoms with Crippen molar-refractivity contribution in [2.45, 2.75) is 26.3 Å². The molecule has 3 heterocycles. The number of methoxy groups -OCH3 is 1. The Bertz CT molecular complexity index is 658. The summed E-state index contributed by atoms with van der Waals surface area (Å²) < 4.78 is 12.6. The van der Waals surface area contributed by atoms with E-state index in [0.29, 0.717) is 32.8 Å². The van der Waals surface area contributed by atoms with Crippen LogP contribution in [0.5, 0.6) is 0 Å². The van der Waals surface area contributed by atoms with Gasteiger partial charge in [0.1, 0.15) is 13.2 Å². The molecule has 1 aliphatic rings. The lowest BCUT2D eigenvalue weighted by atomic mass is 10.3. The topological polar surface area (TPSA) is 82.4 Å². The van der Waals surface area contributed by atoms with Gasteiger partial charge >= 0.3 is 0 Å². The molecule has 3 rings (SSSR count). The van der Waals surface area contributed by atoms with Gasteiger partial charge < -0.3 is 18.9 Å². The smallest absolute Gasteiger partial charge is 0.249 e. The molecule has 8 nitrogen and oxygen atoms in total. The van der Waals surface area contributed by atoms with Crippen molar-refractivity contribution < 1.29 is 14.3 Å². The molecule has 122 valence electrons. The van der Waals surface area contributed by atoms with Gasteiger partial charge in [-0.05, 0) is 11.6 Å². The number of carbonyl (C=O) groups excluding carboxylic acids is 1. The van der Waals surface area contributed by atoms with Crippen molar-refractivity contribution >= 4 is 5.91 Å². The van der Waals surface area contributed by atoms with E-state index in [0.717, 1.165) is 17.2 Å². The number of rotatable bonds is 6. The van der Waals surface area contributed by atoms with Crippen LogP contribution in [0.2, 0.25) is 0 Å². The third-order valence-corrected chi connectivity index (χ3v) is 3.67. The monoisotopic (exact) mass is 317 g/mol. The number of pyridine rings is 1. The van der Waals surface area contributed by atoms with E-state index >= 15 is 0 Å². The van der Waals surface area contributed by atoms with Crippen molar-refractivity contribution in [1.82, 2.24) is 24.6 Å². The Morgan fingerprint density at radius 1 is 1.30 bits per heavy atom. The molecule has 0 saturated carbocycles. The summed E-state index contributed by atoms with van der Waals surface area (Å²) in [5.41, 5.74) is 1.02. The molecular formula is C15H19N5O3. The summed E-state index contributed by atoms with van der Waals surface area (Å²) in [5, 5.41) is 8.33. The number of carbonyl (C=O) groups is 1. The number of nitrogens with zero attached hydrogens (tertiary/aromatic N) is 5. The standard InChI is InChI=1S/C15H19N5O3/c1-22-11-15(21)19-5-6-20-13(8-19)17-18-14(20)10-23-9-12-3-2-4-16-7-12/h2-4,7H,5-6,8-11H2,1H3. The molecule has 0 bridgehead atoms. The average molecular weight is 317 g/mol. The van der Waals surface area contributed by atoms with Gasteiger partial charge in [-0.25, -0.2) is 0 Å². The molecule has 0 N–H and O–H groups in total. The minimum Gasteiger partial charge on any atom is -0.375 e. The highest BCUT2D eigenvalue weighted by molar-refractivity contribution is 5.77. The van der Waals surface area contributed by atoms with Crippen LogP contribution in [0, 0.1) is 0 Å². The van der Waals surface area contributed by atoms with Crippen LogP contribution in [0.4, 0.5) is 0 Å². The van der Waals surface area contributed by atoms with Gasteiger partial charge in [-0.1, -0.05) is 6.07 Å². The maximum atomic E-state index is 11.9. The van der Waals surface area contributed by atoms with Crippen LogP contribution in [0.1, 0.15) is 17.2 Å². The largest absolute Gasteiger partial charge is 0.375 e. The lowest BCUT2D eigenvalue weighted by molar-refractivity contribution is -0.136. The summed E-state index contributed by atoms with van der Waals surface area (Å²) in [6.45, 7) is 2.71. The average Bonchev–Trinajstić information content (AvgIpc) is 2.98. The zero-order chi connectivity index (χ0) is 16.1. The predicted molar refractivity (Wildman–Crippen MR) is 80.0 cm³/mol. The summed E-state index contributed by atoms with van der Waals surface area (Å²) in [4.78, 5) is 17.6. The van der Waals surface area contributed by atoms with Gasteiger partial charge in [-0.3, -0.25) is 9.78 Å². The highest BCUT2D eigenvalue weighted by atomic mass is 16.5. The second-order valence-corrected chi connectivity index (χ2v) is 5.29. The number of fused-ring (bicyclic) bond motifs is 1. The lowest BCUT2D eigenvalue weighted by Gasteiger charge is -2.27. The van der Waals surface area contributed by atoms with Gasteiger partial charge in [0.2, 0.25) is 5.91 Å². The molecule has 0 atom stereocenters.